The van der Waals surface area contributed by atoms with Crippen molar-refractivity contribution in [2.45, 2.75) is 50.1 Å². The molecule has 2 aliphatic heterocycles. The summed E-state index contributed by atoms with van der Waals surface area (Å²) in [4.78, 5) is 15.4. The molecule has 2 aliphatic rings. The fraction of sp³-hybridized carbons (Fsp3) is 0.462. The van der Waals surface area contributed by atoms with Crippen molar-refractivity contribution >= 4 is 15.9 Å². The Bertz CT molecular complexity index is 1170. The molecule has 34 heavy (non-hydrogen) atoms. The third kappa shape index (κ3) is 5.17. The predicted octanol–water partition coefficient (Wildman–Crippen LogP) is 2.91. The number of benzene rings is 2. The van der Waals surface area contributed by atoms with Gasteiger partial charge >= 0.3 is 0 Å². The maximum Gasteiger partial charge on any atom is 0.244 e. The quantitative estimate of drug-likeness (QED) is 0.658. The summed E-state index contributed by atoms with van der Waals surface area (Å²) in [5.41, 5.74) is 2.93. The monoisotopic (exact) mass is 480 g/mol. The lowest BCUT2D eigenvalue weighted by atomic mass is 9.96. The van der Waals surface area contributed by atoms with Crippen LogP contribution in [0.1, 0.15) is 42.9 Å². The number of nitrogens with zero attached hydrogens (tertiary/aromatic N) is 3. The van der Waals surface area contributed by atoms with Crippen molar-refractivity contribution in [1.82, 2.24) is 14.5 Å². The Kier molecular flexibility index (Phi) is 7.67. The number of rotatable bonds is 7. The number of hydrogen-bond donors (Lipinski definition) is 1. The first kappa shape index (κ1) is 24.4. The molecule has 0 spiro atoms. The van der Waals surface area contributed by atoms with Gasteiger partial charge in [-0.3, -0.25) is 9.69 Å². The Morgan fingerprint density at radius 1 is 1.09 bits per heavy atom. The average molecular weight is 481 g/mol. The molecule has 0 aromatic heterocycles. The minimum absolute atomic E-state index is 0.00494. The van der Waals surface area contributed by atoms with Gasteiger partial charge in [-0.1, -0.05) is 43.3 Å². The number of hydrogen-bond acceptors (Lipinski definition) is 5. The molecule has 2 aromatic carbocycles. The van der Waals surface area contributed by atoms with E-state index in [0.29, 0.717) is 19.4 Å². The number of carbonyl (C=O) groups excluding carboxylic acids is 1. The van der Waals surface area contributed by atoms with Crippen LogP contribution in [-0.2, 0) is 27.8 Å². The van der Waals surface area contributed by atoms with E-state index in [1.54, 1.807) is 12.1 Å². The van der Waals surface area contributed by atoms with E-state index < -0.39 is 10.0 Å². The predicted molar refractivity (Wildman–Crippen MR) is 130 cm³/mol. The molecule has 0 radical (unpaired) electrons. The van der Waals surface area contributed by atoms with Gasteiger partial charge in [0, 0.05) is 44.7 Å². The van der Waals surface area contributed by atoms with Gasteiger partial charge in [0.25, 0.3) is 0 Å². The molecule has 0 aliphatic carbocycles. The molecule has 1 N–H and O–H groups in total. The Morgan fingerprint density at radius 3 is 2.47 bits per heavy atom. The van der Waals surface area contributed by atoms with Crippen LogP contribution in [0.4, 0.5) is 0 Å². The van der Waals surface area contributed by atoms with Crippen molar-refractivity contribution in [3.8, 4) is 6.07 Å². The van der Waals surface area contributed by atoms with Crippen LogP contribution in [0, 0.1) is 17.2 Å². The number of piperidine rings is 1. The Morgan fingerprint density at radius 2 is 1.76 bits per heavy atom. The number of fused-ring (bicyclic) bond motifs is 1. The number of carbonyl (C=O) groups is 1. The molecule has 1 amide bonds. The number of nitrogens with one attached hydrogen (secondary N) is 1. The van der Waals surface area contributed by atoms with E-state index in [2.05, 4.69) is 41.4 Å². The van der Waals surface area contributed by atoms with Crippen LogP contribution in [0.5, 0.6) is 0 Å². The first-order valence-electron chi connectivity index (χ1n) is 12.0. The Balaban J connectivity index is 1.30. The summed E-state index contributed by atoms with van der Waals surface area (Å²) < 4.78 is 27.5. The number of nitriles is 1. The lowest BCUT2D eigenvalue weighted by Crippen LogP contribution is -2.48. The van der Waals surface area contributed by atoms with Gasteiger partial charge in [0.2, 0.25) is 15.9 Å². The van der Waals surface area contributed by atoms with Gasteiger partial charge < -0.3 is 5.32 Å². The van der Waals surface area contributed by atoms with Crippen molar-refractivity contribution in [3.63, 3.8) is 0 Å². The summed E-state index contributed by atoms with van der Waals surface area (Å²) in [6.45, 7) is 5.21. The summed E-state index contributed by atoms with van der Waals surface area (Å²) in [6.07, 6.45) is 2.95. The summed E-state index contributed by atoms with van der Waals surface area (Å²) in [5.74, 6) is -0.192. The molecule has 2 heterocycles. The average Bonchev–Trinajstić information content (AvgIpc) is 2.88. The summed E-state index contributed by atoms with van der Waals surface area (Å²) >= 11 is 0. The standard InChI is InChI=1S/C26H32N4O3S/c1-2-24(29-14-11-20-7-3-4-9-23(20)19-29)18-28-26(31)21-12-15-30(16-13-21)34(32,33)25-10-6-5-8-22(25)17-27/h3-10,21,24H,2,11-16,18-19H2,1H3,(H,28,31)/t24-/m1/s1. The Labute approximate surface area is 202 Å². The number of amides is 1. The number of sulfonamides is 1. The smallest absolute Gasteiger partial charge is 0.244 e. The topological polar surface area (TPSA) is 93.5 Å². The van der Waals surface area contributed by atoms with Crippen LogP contribution < -0.4 is 5.32 Å². The van der Waals surface area contributed by atoms with Crippen LogP contribution in [-0.4, -0.2) is 55.8 Å². The molecule has 7 nitrogen and oxygen atoms in total. The molecule has 1 fully saturated rings. The molecular weight excluding hydrogens is 448 g/mol. The second-order valence-corrected chi connectivity index (χ2v) is 11.0. The molecule has 1 saturated heterocycles. The third-order valence-corrected chi connectivity index (χ3v) is 9.07. The zero-order chi connectivity index (χ0) is 24.1. The van der Waals surface area contributed by atoms with Gasteiger partial charge in [-0.05, 0) is 48.9 Å². The molecule has 0 unspecified atom stereocenters. The van der Waals surface area contributed by atoms with E-state index in [4.69, 9.17) is 0 Å². The maximum absolute atomic E-state index is 13.0. The fourth-order valence-corrected chi connectivity index (χ4v) is 6.62. The first-order valence-corrected chi connectivity index (χ1v) is 13.5. The lowest BCUT2D eigenvalue weighted by molar-refractivity contribution is -0.126. The second kappa shape index (κ2) is 10.7. The maximum atomic E-state index is 13.0. The zero-order valence-corrected chi connectivity index (χ0v) is 20.4. The second-order valence-electron chi connectivity index (χ2n) is 9.08. The van der Waals surface area contributed by atoms with Crippen LogP contribution in [0.3, 0.4) is 0 Å². The van der Waals surface area contributed by atoms with Crippen molar-refractivity contribution in [1.29, 1.82) is 5.26 Å². The SMILES string of the molecule is CC[C@H](CNC(=O)C1CCN(S(=O)(=O)c2ccccc2C#N)CC1)N1CCc2ccccc2C1. The minimum atomic E-state index is -3.75. The Hall–Kier alpha value is -2.73. The highest BCUT2D eigenvalue weighted by Gasteiger charge is 2.33. The highest BCUT2D eigenvalue weighted by molar-refractivity contribution is 7.89. The zero-order valence-electron chi connectivity index (χ0n) is 19.6. The van der Waals surface area contributed by atoms with E-state index in [-0.39, 0.29) is 41.4 Å². The molecule has 8 heteroatoms. The summed E-state index contributed by atoms with van der Waals surface area (Å²) in [7, 11) is -3.75. The molecule has 0 saturated carbocycles. The highest BCUT2D eigenvalue weighted by Crippen LogP contribution is 2.26. The van der Waals surface area contributed by atoms with Gasteiger partial charge in [-0.15, -0.1) is 0 Å². The van der Waals surface area contributed by atoms with Gasteiger partial charge in [0.1, 0.15) is 6.07 Å². The molecule has 2 aromatic rings. The molecule has 1 atom stereocenters. The largest absolute Gasteiger partial charge is 0.354 e. The molecule has 0 bridgehead atoms. The summed E-state index contributed by atoms with van der Waals surface area (Å²) in [6, 6.07) is 17.0. The van der Waals surface area contributed by atoms with E-state index in [9.17, 15) is 18.5 Å². The fourth-order valence-electron chi connectivity index (χ4n) is 5.00. The van der Waals surface area contributed by atoms with Gasteiger partial charge in [-0.2, -0.15) is 9.57 Å². The van der Waals surface area contributed by atoms with E-state index in [1.165, 1.54) is 27.6 Å². The van der Waals surface area contributed by atoms with Crippen molar-refractivity contribution in [2.24, 2.45) is 5.92 Å². The van der Waals surface area contributed by atoms with Crippen LogP contribution in [0.15, 0.2) is 53.4 Å². The molecular formula is C26H32N4O3S. The van der Waals surface area contributed by atoms with E-state index in [0.717, 1.165) is 25.9 Å². The summed E-state index contributed by atoms with van der Waals surface area (Å²) in [5, 5.41) is 12.4. The highest BCUT2D eigenvalue weighted by atomic mass is 32.2. The van der Waals surface area contributed by atoms with Crippen molar-refractivity contribution < 1.29 is 13.2 Å². The minimum Gasteiger partial charge on any atom is -0.354 e. The van der Waals surface area contributed by atoms with Crippen LogP contribution in [0.25, 0.3) is 0 Å². The third-order valence-electron chi connectivity index (χ3n) is 7.11. The van der Waals surface area contributed by atoms with Gasteiger partial charge in [-0.25, -0.2) is 8.42 Å². The van der Waals surface area contributed by atoms with Crippen LogP contribution >= 0.6 is 0 Å². The van der Waals surface area contributed by atoms with Gasteiger partial charge in [0.15, 0.2) is 0 Å². The van der Waals surface area contributed by atoms with Crippen molar-refractivity contribution in [2.75, 3.05) is 26.2 Å². The van der Waals surface area contributed by atoms with Crippen LogP contribution in [0.2, 0.25) is 0 Å². The normalized spacial score (nSPS) is 18.6. The molecule has 180 valence electrons. The van der Waals surface area contributed by atoms with E-state index >= 15 is 0 Å². The van der Waals surface area contributed by atoms with Crippen molar-refractivity contribution in [3.05, 3.63) is 65.2 Å². The van der Waals surface area contributed by atoms with E-state index in [1.807, 2.05) is 6.07 Å². The first-order chi connectivity index (χ1) is 16.4. The lowest BCUT2D eigenvalue weighted by Gasteiger charge is -2.36. The molecule has 4 rings (SSSR count). The van der Waals surface area contributed by atoms with Gasteiger partial charge in [0.05, 0.1) is 10.5 Å².